The number of aliphatic carboxylic acids is 2. The Morgan fingerprint density at radius 1 is 1.06 bits per heavy atom. The molecule has 0 bridgehead atoms. The maximum absolute atomic E-state index is 10.6. The molecule has 2 atom stereocenters. The zero-order valence-electron chi connectivity index (χ0n) is 20.4. The normalized spacial score (nSPS) is 18.8. The number of hydrogen-bond acceptors (Lipinski definition) is 6. The van der Waals surface area contributed by atoms with Gasteiger partial charge in [0.15, 0.2) is 0 Å². The summed E-state index contributed by atoms with van der Waals surface area (Å²) in [5.41, 5.74) is 1.33. The number of rotatable bonds is 6. The van der Waals surface area contributed by atoms with Gasteiger partial charge in [0.25, 0.3) is 0 Å². The number of carbonyl (C=O) groups is 2. The molecule has 1 heterocycles. The molecule has 0 saturated carbocycles. The van der Waals surface area contributed by atoms with Gasteiger partial charge in [0.2, 0.25) is 0 Å². The molecule has 36 heavy (non-hydrogen) atoms. The van der Waals surface area contributed by atoms with Gasteiger partial charge in [-0.25, -0.2) is 9.59 Å². The van der Waals surface area contributed by atoms with E-state index in [4.69, 9.17) is 29.3 Å². The van der Waals surface area contributed by atoms with Crippen molar-refractivity contribution >= 4 is 11.9 Å². The number of carboxylic acids is 2. The van der Waals surface area contributed by atoms with Gasteiger partial charge in [-0.2, -0.15) is 26.3 Å². The predicted octanol–water partition coefficient (Wildman–Crippen LogP) is 3.75. The van der Waals surface area contributed by atoms with Crippen molar-refractivity contribution < 1.29 is 55.6 Å². The molecular weight excluding hydrogens is 502 g/mol. The van der Waals surface area contributed by atoms with Crippen LogP contribution >= 0.6 is 0 Å². The van der Waals surface area contributed by atoms with E-state index in [9.17, 15) is 26.3 Å². The fourth-order valence-corrected chi connectivity index (χ4v) is 2.99. The van der Waals surface area contributed by atoms with Gasteiger partial charge in [-0.1, -0.05) is 12.1 Å². The molecule has 8 nitrogen and oxygen atoms in total. The van der Waals surface area contributed by atoms with Gasteiger partial charge in [-0.3, -0.25) is 4.90 Å². The van der Waals surface area contributed by atoms with Gasteiger partial charge < -0.3 is 24.6 Å². The minimum Gasteiger partial charge on any atom is -0.497 e. The summed E-state index contributed by atoms with van der Waals surface area (Å²) in [4.78, 5) is 22.6. The summed E-state index contributed by atoms with van der Waals surface area (Å²) in [6, 6.07) is 8.94. The molecule has 208 valence electrons. The van der Waals surface area contributed by atoms with Gasteiger partial charge in [0.05, 0.1) is 20.3 Å². The number of carboxylic acid groups (broad SMARTS) is 2. The highest BCUT2D eigenvalue weighted by atomic mass is 19.4. The van der Waals surface area contributed by atoms with Crippen LogP contribution in [-0.2, 0) is 20.9 Å². The standard InChI is InChI=1S/C18H30N2O2.2C2HF3O2/c1-15-17(9-10-19(2)3)14-22-12-11-20(15)13-16-5-7-18(21-4)8-6-16;2*3-2(4,5)1(6)7/h5-8,15,17H,9-14H2,1-4H3;2*(H,6,7)/t15-,17+;;/m0../s1. The number of benzene rings is 1. The summed E-state index contributed by atoms with van der Waals surface area (Å²) >= 11 is 0. The second kappa shape index (κ2) is 15.5. The molecule has 0 unspecified atom stereocenters. The Hall–Kier alpha value is -2.58. The number of hydrogen-bond donors (Lipinski definition) is 2. The highest BCUT2D eigenvalue weighted by Gasteiger charge is 2.38. The number of alkyl halides is 6. The van der Waals surface area contributed by atoms with E-state index in [2.05, 4.69) is 43.0 Å². The van der Waals surface area contributed by atoms with Crippen LogP contribution in [0.1, 0.15) is 18.9 Å². The molecule has 14 heteroatoms. The Morgan fingerprint density at radius 2 is 1.53 bits per heavy atom. The van der Waals surface area contributed by atoms with Crippen molar-refractivity contribution in [3.05, 3.63) is 29.8 Å². The number of nitrogens with zero attached hydrogens (tertiary/aromatic N) is 2. The summed E-state index contributed by atoms with van der Waals surface area (Å²) < 4.78 is 74.5. The van der Waals surface area contributed by atoms with Gasteiger partial charge in [-0.05, 0) is 57.6 Å². The molecule has 1 aromatic carbocycles. The van der Waals surface area contributed by atoms with Gasteiger partial charge in [0, 0.05) is 19.1 Å². The molecule has 1 aromatic rings. The average Bonchev–Trinajstić information content (AvgIpc) is 2.93. The van der Waals surface area contributed by atoms with Crippen molar-refractivity contribution in [1.29, 1.82) is 0 Å². The fraction of sp³-hybridized carbons (Fsp3) is 0.636. The van der Waals surface area contributed by atoms with Gasteiger partial charge in [-0.15, -0.1) is 0 Å². The van der Waals surface area contributed by atoms with Crippen molar-refractivity contribution in [2.75, 3.05) is 47.5 Å². The van der Waals surface area contributed by atoms with Crippen LogP contribution in [0.5, 0.6) is 5.75 Å². The molecule has 0 aliphatic carbocycles. The highest BCUT2D eigenvalue weighted by molar-refractivity contribution is 5.73. The van der Waals surface area contributed by atoms with Crippen molar-refractivity contribution in [3.63, 3.8) is 0 Å². The van der Waals surface area contributed by atoms with Crippen molar-refractivity contribution in [2.45, 2.75) is 38.3 Å². The van der Waals surface area contributed by atoms with Crippen LogP contribution in [0.4, 0.5) is 26.3 Å². The van der Waals surface area contributed by atoms with E-state index in [0.717, 1.165) is 38.6 Å². The van der Waals surface area contributed by atoms with Crippen LogP contribution in [0.15, 0.2) is 24.3 Å². The van der Waals surface area contributed by atoms with E-state index in [1.54, 1.807) is 7.11 Å². The SMILES string of the molecule is COc1ccc(CN2CCOC[C@@H](CCN(C)C)[C@@H]2C)cc1.O=C(O)C(F)(F)F.O=C(O)C(F)(F)F. The molecular formula is C22H32F6N2O6. The van der Waals surface area contributed by atoms with E-state index in [1.807, 2.05) is 12.1 Å². The number of methoxy groups -OCH3 is 1. The van der Waals surface area contributed by atoms with Crippen molar-refractivity contribution in [3.8, 4) is 5.75 Å². The summed E-state index contributed by atoms with van der Waals surface area (Å²) in [7, 11) is 5.98. The second-order valence-electron chi connectivity index (χ2n) is 8.09. The van der Waals surface area contributed by atoms with E-state index in [1.165, 1.54) is 12.0 Å². The quantitative estimate of drug-likeness (QED) is 0.533. The summed E-state index contributed by atoms with van der Waals surface area (Å²) in [6.07, 6.45) is -8.98. The Morgan fingerprint density at radius 3 is 1.92 bits per heavy atom. The minimum absolute atomic E-state index is 0.546. The fourth-order valence-electron chi connectivity index (χ4n) is 2.99. The van der Waals surface area contributed by atoms with Crippen LogP contribution in [0, 0.1) is 5.92 Å². The Labute approximate surface area is 205 Å². The smallest absolute Gasteiger partial charge is 0.490 e. The average molecular weight is 534 g/mol. The first-order valence-corrected chi connectivity index (χ1v) is 10.7. The third-order valence-electron chi connectivity index (χ3n) is 5.09. The number of ether oxygens (including phenoxy) is 2. The van der Waals surface area contributed by atoms with E-state index < -0.39 is 24.3 Å². The zero-order valence-corrected chi connectivity index (χ0v) is 20.4. The first-order chi connectivity index (χ1) is 16.5. The summed E-state index contributed by atoms with van der Waals surface area (Å²) in [5.74, 6) is -4.00. The van der Waals surface area contributed by atoms with E-state index in [0.29, 0.717) is 12.0 Å². The van der Waals surface area contributed by atoms with Crippen LogP contribution in [0.25, 0.3) is 0 Å². The summed E-state index contributed by atoms with van der Waals surface area (Å²) in [5, 5.41) is 14.2. The van der Waals surface area contributed by atoms with Crippen LogP contribution in [-0.4, -0.2) is 97.9 Å². The lowest BCUT2D eigenvalue weighted by Crippen LogP contribution is -2.39. The third-order valence-corrected chi connectivity index (χ3v) is 5.09. The number of halogens is 6. The van der Waals surface area contributed by atoms with Crippen LogP contribution < -0.4 is 4.74 Å². The van der Waals surface area contributed by atoms with Crippen LogP contribution in [0.3, 0.4) is 0 Å². The largest absolute Gasteiger partial charge is 0.497 e. The second-order valence-corrected chi connectivity index (χ2v) is 8.09. The molecule has 2 N–H and O–H groups in total. The first kappa shape index (κ1) is 33.4. The third kappa shape index (κ3) is 14.1. The Bertz CT molecular complexity index is 763. The minimum atomic E-state index is -5.08. The lowest BCUT2D eigenvalue weighted by molar-refractivity contribution is -0.193. The van der Waals surface area contributed by atoms with Gasteiger partial charge >= 0.3 is 24.3 Å². The van der Waals surface area contributed by atoms with Crippen LogP contribution in [0.2, 0.25) is 0 Å². The maximum atomic E-state index is 10.6. The topological polar surface area (TPSA) is 99.5 Å². The first-order valence-electron chi connectivity index (χ1n) is 10.7. The molecule has 0 aromatic heterocycles. The molecule has 2 rings (SSSR count). The molecule has 0 spiro atoms. The molecule has 1 saturated heterocycles. The Balaban J connectivity index is 0.000000720. The molecule has 0 radical (unpaired) electrons. The van der Waals surface area contributed by atoms with E-state index in [-0.39, 0.29) is 0 Å². The maximum Gasteiger partial charge on any atom is 0.490 e. The molecule has 1 aliphatic heterocycles. The monoisotopic (exact) mass is 534 g/mol. The molecule has 1 aliphatic rings. The lowest BCUT2D eigenvalue weighted by atomic mass is 9.96. The Kier molecular flexibility index (Phi) is 14.4. The van der Waals surface area contributed by atoms with Gasteiger partial charge in [0.1, 0.15) is 5.75 Å². The predicted molar refractivity (Wildman–Crippen MR) is 118 cm³/mol. The zero-order chi connectivity index (χ0) is 28.1. The van der Waals surface area contributed by atoms with E-state index >= 15 is 0 Å². The van der Waals surface area contributed by atoms with Crippen molar-refractivity contribution in [2.24, 2.45) is 5.92 Å². The highest BCUT2D eigenvalue weighted by Crippen LogP contribution is 2.22. The molecule has 1 fully saturated rings. The van der Waals surface area contributed by atoms with Crippen molar-refractivity contribution in [1.82, 2.24) is 9.80 Å². The lowest BCUT2D eigenvalue weighted by Gasteiger charge is -2.32. The summed E-state index contributed by atoms with van der Waals surface area (Å²) in [6.45, 7) is 7.17. The molecule has 0 amide bonds.